The van der Waals surface area contributed by atoms with Crippen LogP contribution in [0, 0.1) is 0 Å². The lowest BCUT2D eigenvalue weighted by Crippen LogP contribution is -2.38. The number of aryl methyl sites for hydroxylation is 1. The number of nitrogens with zero attached hydrogens (tertiary/aromatic N) is 3. The van der Waals surface area contributed by atoms with Crippen LogP contribution in [0.15, 0.2) is 35.7 Å². The minimum Gasteiger partial charge on any atom is -0.490 e. The smallest absolute Gasteiger partial charge is 0.191 e. The molecule has 118 valence electrons. The van der Waals surface area contributed by atoms with Crippen molar-refractivity contribution in [2.45, 2.75) is 19.9 Å². The van der Waals surface area contributed by atoms with Crippen molar-refractivity contribution in [1.29, 1.82) is 0 Å². The number of nitrogens with one attached hydrogen (secondary N) is 2. The maximum absolute atomic E-state index is 5.56. The lowest BCUT2D eigenvalue weighted by molar-refractivity contribution is 0.320. The molecule has 0 aromatic carbocycles. The Hall–Kier alpha value is -2.15. The Morgan fingerprint density at radius 3 is 2.95 bits per heavy atom. The SMILES string of the molecule is CCc1cnc(CNC(=NC)NCCOc2cccnc2)s1. The minimum atomic E-state index is 0.545. The molecule has 0 fully saturated rings. The molecule has 0 saturated carbocycles. The monoisotopic (exact) mass is 319 g/mol. The molecule has 0 amide bonds. The molecule has 2 aromatic rings. The first-order valence-electron chi connectivity index (χ1n) is 7.22. The Morgan fingerprint density at radius 1 is 1.36 bits per heavy atom. The Labute approximate surface area is 134 Å². The highest BCUT2D eigenvalue weighted by Crippen LogP contribution is 2.12. The Morgan fingerprint density at radius 2 is 2.27 bits per heavy atom. The first kappa shape index (κ1) is 16.2. The van der Waals surface area contributed by atoms with E-state index in [1.54, 1.807) is 30.8 Å². The molecule has 0 aliphatic carbocycles. The van der Waals surface area contributed by atoms with Gasteiger partial charge in [-0.3, -0.25) is 9.98 Å². The topological polar surface area (TPSA) is 71.4 Å². The Balaban J connectivity index is 1.67. The summed E-state index contributed by atoms with van der Waals surface area (Å²) in [5, 5.41) is 7.50. The molecule has 2 heterocycles. The Kier molecular flexibility index (Phi) is 6.63. The average Bonchev–Trinajstić information content (AvgIpc) is 3.03. The van der Waals surface area contributed by atoms with Crippen LogP contribution in [0.5, 0.6) is 5.75 Å². The van der Waals surface area contributed by atoms with Gasteiger partial charge in [0, 0.05) is 24.3 Å². The van der Waals surface area contributed by atoms with Gasteiger partial charge >= 0.3 is 0 Å². The molecule has 7 heteroatoms. The summed E-state index contributed by atoms with van der Waals surface area (Å²) < 4.78 is 5.56. The largest absolute Gasteiger partial charge is 0.490 e. The normalized spacial score (nSPS) is 11.3. The third-order valence-electron chi connectivity index (χ3n) is 2.88. The van der Waals surface area contributed by atoms with E-state index < -0.39 is 0 Å². The molecule has 0 aliphatic rings. The zero-order valence-electron chi connectivity index (χ0n) is 12.9. The molecule has 6 nitrogen and oxygen atoms in total. The van der Waals surface area contributed by atoms with Crippen LogP contribution in [0.25, 0.3) is 0 Å². The van der Waals surface area contributed by atoms with E-state index in [1.165, 1.54) is 4.88 Å². The number of hydrogen-bond acceptors (Lipinski definition) is 5. The van der Waals surface area contributed by atoms with Crippen molar-refractivity contribution in [2.24, 2.45) is 4.99 Å². The number of rotatable bonds is 7. The number of aromatic nitrogens is 2. The zero-order chi connectivity index (χ0) is 15.6. The summed E-state index contributed by atoms with van der Waals surface area (Å²) in [5.41, 5.74) is 0. The molecule has 2 aromatic heterocycles. The van der Waals surface area contributed by atoms with E-state index in [2.05, 4.69) is 32.5 Å². The van der Waals surface area contributed by atoms with Crippen molar-refractivity contribution in [3.05, 3.63) is 40.6 Å². The van der Waals surface area contributed by atoms with Gasteiger partial charge < -0.3 is 15.4 Å². The van der Waals surface area contributed by atoms with Crippen LogP contribution >= 0.6 is 11.3 Å². The standard InChI is InChI=1S/C15H21N5OS/c1-3-13-10-19-14(22-13)11-20-15(16-2)18-7-8-21-12-5-4-6-17-9-12/h4-6,9-10H,3,7-8,11H2,1-2H3,(H2,16,18,20). The second kappa shape index (κ2) is 8.99. The van der Waals surface area contributed by atoms with Crippen LogP contribution in [0.3, 0.4) is 0 Å². The molecule has 0 bridgehead atoms. The van der Waals surface area contributed by atoms with E-state index in [0.717, 1.165) is 23.1 Å². The molecule has 0 saturated heterocycles. The predicted molar refractivity (Wildman–Crippen MR) is 89.4 cm³/mol. The number of pyridine rings is 1. The molecular formula is C15H21N5OS. The van der Waals surface area contributed by atoms with Gasteiger partial charge in [0.15, 0.2) is 5.96 Å². The van der Waals surface area contributed by atoms with Gasteiger partial charge in [0.1, 0.15) is 17.4 Å². The molecule has 0 aliphatic heterocycles. The van der Waals surface area contributed by atoms with Crippen LogP contribution in [-0.4, -0.2) is 36.1 Å². The molecular weight excluding hydrogens is 298 g/mol. The van der Waals surface area contributed by atoms with Gasteiger partial charge in [0.2, 0.25) is 0 Å². The lowest BCUT2D eigenvalue weighted by Gasteiger charge is -2.11. The summed E-state index contributed by atoms with van der Waals surface area (Å²) in [7, 11) is 1.75. The van der Waals surface area contributed by atoms with Crippen molar-refractivity contribution in [3.63, 3.8) is 0 Å². The Bertz CT molecular complexity index is 585. The molecule has 2 rings (SSSR count). The van der Waals surface area contributed by atoms with Gasteiger partial charge in [0.25, 0.3) is 0 Å². The molecule has 0 atom stereocenters. The fraction of sp³-hybridized carbons (Fsp3) is 0.400. The molecule has 22 heavy (non-hydrogen) atoms. The molecule has 0 spiro atoms. The van der Waals surface area contributed by atoms with Gasteiger partial charge in [-0.15, -0.1) is 11.3 Å². The van der Waals surface area contributed by atoms with Gasteiger partial charge in [-0.2, -0.15) is 0 Å². The van der Waals surface area contributed by atoms with Crippen LogP contribution in [-0.2, 0) is 13.0 Å². The zero-order valence-corrected chi connectivity index (χ0v) is 13.7. The maximum atomic E-state index is 5.56. The van der Waals surface area contributed by atoms with Crippen LogP contribution in [0.1, 0.15) is 16.8 Å². The maximum Gasteiger partial charge on any atom is 0.191 e. The van der Waals surface area contributed by atoms with Crippen LogP contribution in [0.4, 0.5) is 0 Å². The summed E-state index contributed by atoms with van der Waals surface area (Å²) in [6, 6.07) is 3.73. The van der Waals surface area contributed by atoms with Gasteiger partial charge in [-0.05, 0) is 18.6 Å². The van der Waals surface area contributed by atoms with Crippen molar-refractivity contribution < 1.29 is 4.74 Å². The van der Waals surface area contributed by atoms with Crippen molar-refractivity contribution in [2.75, 3.05) is 20.2 Å². The fourth-order valence-electron chi connectivity index (χ4n) is 1.74. The summed E-state index contributed by atoms with van der Waals surface area (Å²) >= 11 is 1.72. The van der Waals surface area contributed by atoms with Gasteiger partial charge in [-0.1, -0.05) is 6.92 Å². The minimum absolute atomic E-state index is 0.545. The van der Waals surface area contributed by atoms with E-state index in [4.69, 9.17) is 4.74 Å². The summed E-state index contributed by atoms with van der Waals surface area (Å²) in [4.78, 5) is 13.8. The number of ether oxygens (including phenoxy) is 1. The van der Waals surface area contributed by atoms with Crippen LogP contribution in [0.2, 0.25) is 0 Å². The highest BCUT2D eigenvalue weighted by molar-refractivity contribution is 7.11. The summed E-state index contributed by atoms with van der Waals surface area (Å²) in [6.07, 6.45) is 6.37. The third-order valence-corrected chi connectivity index (χ3v) is 4.02. The highest BCUT2D eigenvalue weighted by atomic mass is 32.1. The number of hydrogen-bond donors (Lipinski definition) is 2. The van der Waals surface area contributed by atoms with Crippen LogP contribution < -0.4 is 15.4 Å². The number of guanidine groups is 1. The second-order valence-electron chi connectivity index (χ2n) is 4.46. The summed E-state index contributed by atoms with van der Waals surface area (Å²) in [5.74, 6) is 1.50. The fourth-order valence-corrected chi connectivity index (χ4v) is 2.55. The predicted octanol–water partition coefficient (Wildman–Crippen LogP) is 1.84. The summed E-state index contributed by atoms with van der Waals surface area (Å²) in [6.45, 7) is 4.01. The van der Waals surface area contributed by atoms with Crippen molar-refractivity contribution in [1.82, 2.24) is 20.6 Å². The number of thiazole rings is 1. The van der Waals surface area contributed by atoms with E-state index in [0.29, 0.717) is 19.7 Å². The number of aliphatic imine (C=N–C) groups is 1. The van der Waals surface area contributed by atoms with E-state index in [9.17, 15) is 0 Å². The lowest BCUT2D eigenvalue weighted by atomic mass is 10.4. The third kappa shape index (κ3) is 5.33. The quantitative estimate of drug-likeness (QED) is 0.463. The second-order valence-corrected chi connectivity index (χ2v) is 5.66. The van der Waals surface area contributed by atoms with E-state index in [-0.39, 0.29) is 0 Å². The van der Waals surface area contributed by atoms with E-state index >= 15 is 0 Å². The first-order chi connectivity index (χ1) is 10.8. The van der Waals surface area contributed by atoms with Gasteiger partial charge in [-0.25, -0.2) is 4.98 Å². The first-order valence-corrected chi connectivity index (χ1v) is 8.04. The van der Waals surface area contributed by atoms with E-state index in [1.807, 2.05) is 18.3 Å². The molecule has 0 radical (unpaired) electrons. The molecule has 0 unspecified atom stereocenters. The van der Waals surface area contributed by atoms with Gasteiger partial charge in [0.05, 0.1) is 19.3 Å². The van der Waals surface area contributed by atoms with Crippen molar-refractivity contribution >= 4 is 17.3 Å². The average molecular weight is 319 g/mol. The van der Waals surface area contributed by atoms with Crippen molar-refractivity contribution in [3.8, 4) is 5.75 Å². The highest BCUT2D eigenvalue weighted by Gasteiger charge is 2.02. The molecule has 2 N–H and O–H groups in total.